The molecule has 4 aliphatic carbocycles. The minimum Gasteiger partial charge on any atom is -0.356 e. The number of nitrogens with zero attached hydrogens (tertiary/aromatic N) is 1. The molecule has 4 unspecified atom stereocenters. The van der Waals surface area contributed by atoms with Gasteiger partial charge >= 0.3 is 0 Å². The molecule has 1 amide bonds. The number of allylic oxidation sites excluding steroid dienone is 2. The van der Waals surface area contributed by atoms with Crippen LogP contribution in [0.5, 0.6) is 0 Å². The van der Waals surface area contributed by atoms with Crippen molar-refractivity contribution in [1.82, 2.24) is 15.5 Å². The van der Waals surface area contributed by atoms with Gasteiger partial charge in [-0.25, -0.2) is 0 Å². The van der Waals surface area contributed by atoms with Crippen molar-refractivity contribution in [1.29, 1.82) is 0 Å². The highest BCUT2D eigenvalue weighted by Crippen LogP contribution is 2.40. The molecule has 1 saturated carbocycles. The number of hydrogen-bond acceptors (Lipinski definition) is 2. The van der Waals surface area contributed by atoms with Crippen LogP contribution in [0.3, 0.4) is 0 Å². The lowest BCUT2D eigenvalue weighted by Gasteiger charge is -2.38. The van der Waals surface area contributed by atoms with E-state index in [1.54, 1.807) is 0 Å². The molecule has 21 heavy (non-hydrogen) atoms. The van der Waals surface area contributed by atoms with Crippen LogP contribution >= 0.6 is 0 Å². The number of carbonyl (C=O) groups excluding carboxylic acids is 1. The standard InChI is InChI=1S/C17H23N3O/c21-17(13-5-6-14-10-19-20-16(14)8-13)18-9-15-7-11-1-3-12(15)4-2-11/h1,3,10-13,15H,2,4-9H2,(H,18,21)(H,19,20). The maximum Gasteiger partial charge on any atom is 0.223 e. The Morgan fingerprint density at radius 2 is 2.29 bits per heavy atom. The van der Waals surface area contributed by atoms with Crippen molar-refractivity contribution >= 4 is 5.91 Å². The third kappa shape index (κ3) is 2.52. The van der Waals surface area contributed by atoms with Crippen LogP contribution in [-0.2, 0) is 17.6 Å². The van der Waals surface area contributed by atoms with Crippen molar-refractivity contribution in [3.05, 3.63) is 29.6 Å². The van der Waals surface area contributed by atoms with Crippen molar-refractivity contribution < 1.29 is 4.79 Å². The average molecular weight is 285 g/mol. The van der Waals surface area contributed by atoms with E-state index >= 15 is 0 Å². The molecule has 112 valence electrons. The number of aromatic nitrogens is 2. The highest BCUT2D eigenvalue weighted by molar-refractivity contribution is 5.79. The zero-order chi connectivity index (χ0) is 14.2. The van der Waals surface area contributed by atoms with Gasteiger partial charge in [-0.2, -0.15) is 5.10 Å². The van der Waals surface area contributed by atoms with Crippen molar-refractivity contribution in [2.75, 3.05) is 6.54 Å². The zero-order valence-corrected chi connectivity index (χ0v) is 12.3. The molecule has 4 nitrogen and oxygen atoms in total. The van der Waals surface area contributed by atoms with Gasteiger partial charge in [-0.3, -0.25) is 9.89 Å². The summed E-state index contributed by atoms with van der Waals surface area (Å²) < 4.78 is 0. The number of H-pyrrole nitrogens is 1. The van der Waals surface area contributed by atoms with Crippen LogP contribution < -0.4 is 5.32 Å². The average Bonchev–Trinajstić information content (AvgIpc) is 3.01. The topological polar surface area (TPSA) is 57.8 Å². The number of aromatic amines is 1. The summed E-state index contributed by atoms with van der Waals surface area (Å²) in [7, 11) is 0. The Hall–Kier alpha value is -1.58. The number of nitrogens with one attached hydrogen (secondary N) is 2. The molecule has 2 bridgehead atoms. The molecule has 1 aromatic heterocycles. The molecule has 4 heteroatoms. The summed E-state index contributed by atoms with van der Waals surface area (Å²) in [6, 6.07) is 0. The quantitative estimate of drug-likeness (QED) is 0.837. The van der Waals surface area contributed by atoms with Gasteiger partial charge in [0.1, 0.15) is 0 Å². The largest absolute Gasteiger partial charge is 0.356 e. The summed E-state index contributed by atoms with van der Waals surface area (Å²) in [6.45, 7) is 0.858. The van der Waals surface area contributed by atoms with Crippen LogP contribution in [0.2, 0.25) is 0 Å². The lowest BCUT2D eigenvalue weighted by molar-refractivity contribution is -0.125. The molecule has 0 aliphatic heterocycles. The smallest absolute Gasteiger partial charge is 0.223 e. The molecule has 4 aliphatic rings. The summed E-state index contributed by atoms with van der Waals surface area (Å²) in [5.74, 6) is 2.47. The van der Waals surface area contributed by atoms with Crippen molar-refractivity contribution in [2.24, 2.45) is 23.7 Å². The fraction of sp³-hybridized carbons (Fsp3) is 0.647. The molecule has 5 rings (SSSR count). The number of amides is 1. The van der Waals surface area contributed by atoms with E-state index in [4.69, 9.17) is 0 Å². The second-order valence-electron chi connectivity index (χ2n) is 6.94. The highest BCUT2D eigenvalue weighted by Gasteiger charge is 2.32. The maximum absolute atomic E-state index is 12.4. The Kier molecular flexibility index (Phi) is 3.32. The molecule has 0 spiro atoms. The van der Waals surface area contributed by atoms with Crippen LogP contribution in [0.25, 0.3) is 0 Å². The van der Waals surface area contributed by atoms with Crippen LogP contribution in [0.15, 0.2) is 18.3 Å². The van der Waals surface area contributed by atoms with Gasteiger partial charge in [0, 0.05) is 24.6 Å². The van der Waals surface area contributed by atoms with Crippen molar-refractivity contribution in [2.45, 2.75) is 38.5 Å². The molecule has 2 N–H and O–H groups in total. The van der Waals surface area contributed by atoms with Gasteiger partial charge in [0.2, 0.25) is 5.91 Å². The second-order valence-corrected chi connectivity index (χ2v) is 6.94. The molecular formula is C17H23N3O. The van der Waals surface area contributed by atoms with Gasteiger partial charge in [-0.1, -0.05) is 12.2 Å². The summed E-state index contributed by atoms with van der Waals surface area (Å²) in [6.07, 6.45) is 13.3. The number of rotatable bonds is 3. The first-order valence-electron chi connectivity index (χ1n) is 8.27. The molecule has 1 heterocycles. The molecule has 4 atom stereocenters. The lowest BCUT2D eigenvalue weighted by Crippen LogP contribution is -2.40. The summed E-state index contributed by atoms with van der Waals surface area (Å²) >= 11 is 0. The van der Waals surface area contributed by atoms with Gasteiger partial charge in [-0.05, 0) is 55.4 Å². The van der Waals surface area contributed by atoms with Gasteiger partial charge < -0.3 is 5.32 Å². The summed E-state index contributed by atoms with van der Waals surface area (Å²) in [4.78, 5) is 12.4. The number of aryl methyl sites for hydroxylation is 1. The third-order valence-electron chi connectivity index (χ3n) is 5.64. The van der Waals surface area contributed by atoms with Crippen LogP contribution in [0.4, 0.5) is 0 Å². The molecule has 0 radical (unpaired) electrons. The zero-order valence-electron chi connectivity index (χ0n) is 12.3. The Morgan fingerprint density at radius 3 is 3.05 bits per heavy atom. The first kappa shape index (κ1) is 13.1. The van der Waals surface area contributed by atoms with E-state index in [1.165, 1.54) is 24.8 Å². The lowest BCUT2D eigenvalue weighted by atomic mass is 9.69. The van der Waals surface area contributed by atoms with E-state index in [0.29, 0.717) is 11.8 Å². The minimum absolute atomic E-state index is 0.120. The summed E-state index contributed by atoms with van der Waals surface area (Å²) in [5, 5.41) is 10.3. The van der Waals surface area contributed by atoms with E-state index < -0.39 is 0 Å². The van der Waals surface area contributed by atoms with E-state index in [9.17, 15) is 4.79 Å². The molecule has 1 fully saturated rings. The fourth-order valence-corrected chi connectivity index (χ4v) is 4.29. The van der Waals surface area contributed by atoms with Gasteiger partial charge in [0.05, 0.1) is 6.20 Å². The van der Waals surface area contributed by atoms with Gasteiger partial charge in [0.15, 0.2) is 0 Å². The van der Waals surface area contributed by atoms with E-state index in [0.717, 1.165) is 37.4 Å². The molecule has 1 aromatic rings. The number of carbonyl (C=O) groups is 1. The minimum atomic E-state index is 0.120. The SMILES string of the molecule is O=C(NCC1CC2C=CC1CC2)C1CCc2cn[nH]c2C1. The highest BCUT2D eigenvalue weighted by atomic mass is 16.1. The molecule has 0 aromatic carbocycles. The normalized spacial score (nSPS) is 33.7. The Morgan fingerprint density at radius 1 is 1.33 bits per heavy atom. The second kappa shape index (κ2) is 5.32. The fourth-order valence-electron chi connectivity index (χ4n) is 4.29. The predicted octanol–water partition coefficient (Wildman–Crippen LogP) is 2.23. The first-order valence-corrected chi connectivity index (χ1v) is 8.27. The van der Waals surface area contributed by atoms with Crippen molar-refractivity contribution in [3.63, 3.8) is 0 Å². The van der Waals surface area contributed by atoms with E-state index in [1.807, 2.05) is 6.20 Å². The first-order chi connectivity index (χ1) is 10.3. The van der Waals surface area contributed by atoms with Crippen LogP contribution in [0, 0.1) is 23.7 Å². The van der Waals surface area contributed by atoms with E-state index in [2.05, 4.69) is 27.7 Å². The van der Waals surface area contributed by atoms with Gasteiger partial charge in [-0.15, -0.1) is 0 Å². The van der Waals surface area contributed by atoms with Crippen LogP contribution in [0.1, 0.15) is 36.9 Å². The Bertz CT molecular complexity index is 562. The monoisotopic (exact) mass is 285 g/mol. The van der Waals surface area contributed by atoms with Gasteiger partial charge in [0.25, 0.3) is 0 Å². The van der Waals surface area contributed by atoms with Crippen molar-refractivity contribution in [3.8, 4) is 0 Å². The number of fused-ring (bicyclic) bond motifs is 3. The number of hydrogen-bond donors (Lipinski definition) is 2. The van der Waals surface area contributed by atoms with E-state index in [-0.39, 0.29) is 11.8 Å². The third-order valence-corrected chi connectivity index (χ3v) is 5.64. The molecular weight excluding hydrogens is 262 g/mol. The summed E-state index contributed by atoms with van der Waals surface area (Å²) in [5.41, 5.74) is 2.44. The molecule has 0 saturated heterocycles. The maximum atomic E-state index is 12.4. The predicted molar refractivity (Wildman–Crippen MR) is 80.6 cm³/mol. The Labute approximate surface area is 125 Å². The van der Waals surface area contributed by atoms with Crippen LogP contribution in [-0.4, -0.2) is 22.6 Å². The Balaban J connectivity index is 1.32.